The number of methoxy groups -OCH3 is 1. The van der Waals surface area contributed by atoms with E-state index in [1.54, 1.807) is 18.1 Å². The van der Waals surface area contributed by atoms with E-state index in [-0.39, 0.29) is 12.5 Å². The molecule has 0 saturated heterocycles. The van der Waals surface area contributed by atoms with Crippen molar-refractivity contribution in [3.63, 3.8) is 0 Å². The molecule has 0 aliphatic heterocycles. The van der Waals surface area contributed by atoms with Gasteiger partial charge >= 0.3 is 0 Å². The summed E-state index contributed by atoms with van der Waals surface area (Å²) in [7, 11) is 3.41. The lowest BCUT2D eigenvalue weighted by atomic mass is 10.1. The quantitative estimate of drug-likeness (QED) is 0.774. The highest BCUT2D eigenvalue weighted by molar-refractivity contribution is 5.92. The maximum atomic E-state index is 12.3. The predicted molar refractivity (Wildman–Crippen MR) is 99.9 cm³/mol. The number of carbonyl (C=O) groups is 1. The zero-order valence-corrected chi connectivity index (χ0v) is 15.0. The second kappa shape index (κ2) is 9.20. The van der Waals surface area contributed by atoms with Crippen LogP contribution in [-0.2, 0) is 11.2 Å². The van der Waals surface area contributed by atoms with Crippen LogP contribution < -0.4 is 10.1 Å². The predicted octanol–water partition coefficient (Wildman–Crippen LogP) is 2.86. The molecule has 0 spiro atoms. The van der Waals surface area contributed by atoms with E-state index in [0.29, 0.717) is 12.3 Å². The fourth-order valence-electron chi connectivity index (χ4n) is 2.70. The SMILES string of the molecule is CCc1ccccc1NC(=O)CN(C)CC(O)c1cccc(OC)c1. The van der Waals surface area contributed by atoms with Crippen LogP contribution in [0.1, 0.15) is 24.2 Å². The number of aliphatic hydroxyl groups is 1. The first-order valence-electron chi connectivity index (χ1n) is 8.41. The minimum atomic E-state index is -0.684. The van der Waals surface area contributed by atoms with Gasteiger partial charge in [-0.1, -0.05) is 37.3 Å². The molecule has 0 bridgehead atoms. The number of benzene rings is 2. The summed E-state index contributed by atoms with van der Waals surface area (Å²) in [6, 6.07) is 15.1. The molecule has 5 nitrogen and oxygen atoms in total. The van der Waals surface area contributed by atoms with Crippen molar-refractivity contribution in [3.05, 3.63) is 59.7 Å². The average molecular weight is 342 g/mol. The molecule has 2 rings (SSSR count). The number of ether oxygens (including phenoxy) is 1. The van der Waals surface area contributed by atoms with Gasteiger partial charge in [0.1, 0.15) is 5.75 Å². The lowest BCUT2D eigenvalue weighted by Gasteiger charge is -2.21. The summed E-state index contributed by atoms with van der Waals surface area (Å²) in [5.74, 6) is 0.606. The normalized spacial score (nSPS) is 12.0. The van der Waals surface area contributed by atoms with E-state index >= 15 is 0 Å². The van der Waals surface area contributed by atoms with Crippen LogP contribution in [-0.4, -0.2) is 43.2 Å². The molecule has 5 heteroatoms. The number of amides is 1. The molecule has 0 aromatic heterocycles. The summed E-state index contributed by atoms with van der Waals surface area (Å²) in [4.78, 5) is 14.1. The zero-order valence-electron chi connectivity index (χ0n) is 15.0. The largest absolute Gasteiger partial charge is 0.497 e. The first kappa shape index (κ1) is 19.0. The maximum absolute atomic E-state index is 12.3. The second-order valence-electron chi connectivity index (χ2n) is 6.05. The summed E-state index contributed by atoms with van der Waals surface area (Å²) in [5.41, 5.74) is 2.72. The van der Waals surface area contributed by atoms with Gasteiger partial charge in [0.2, 0.25) is 5.91 Å². The van der Waals surface area contributed by atoms with Crippen molar-refractivity contribution < 1.29 is 14.6 Å². The number of carbonyl (C=O) groups excluding carboxylic acids is 1. The Bertz CT molecular complexity index is 703. The number of aliphatic hydroxyl groups excluding tert-OH is 1. The molecule has 25 heavy (non-hydrogen) atoms. The molecule has 134 valence electrons. The fraction of sp³-hybridized carbons (Fsp3) is 0.350. The molecule has 0 heterocycles. The number of hydrogen-bond donors (Lipinski definition) is 2. The smallest absolute Gasteiger partial charge is 0.238 e. The van der Waals surface area contributed by atoms with Crippen molar-refractivity contribution >= 4 is 11.6 Å². The Labute approximate surface area is 149 Å². The molecular weight excluding hydrogens is 316 g/mol. The Morgan fingerprint density at radius 1 is 1.24 bits per heavy atom. The number of anilines is 1. The van der Waals surface area contributed by atoms with Crippen molar-refractivity contribution in [2.45, 2.75) is 19.4 Å². The first-order chi connectivity index (χ1) is 12.0. The van der Waals surface area contributed by atoms with Crippen LogP contribution in [0.5, 0.6) is 5.75 Å². The topological polar surface area (TPSA) is 61.8 Å². The van der Waals surface area contributed by atoms with E-state index < -0.39 is 6.10 Å². The average Bonchev–Trinajstić information content (AvgIpc) is 2.61. The highest BCUT2D eigenvalue weighted by Gasteiger charge is 2.14. The van der Waals surface area contributed by atoms with Gasteiger partial charge in [-0.15, -0.1) is 0 Å². The Morgan fingerprint density at radius 3 is 2.72 bits per heavy atom. The molecule has 2 aromatic carbocycles. The molecule has 0 fully saturated rings. The Morgan fingerprint density at radius 2 is 2.00 bits per heavy atom. The summed E-state index contributed by atoms with van der Waals surface area (Å²) in [6.45, 7) is 2.62. The third kappa shape index (κ3) is 5.59. The summed E-state index contributed by atoms with van der Waals surface area (Å²) in [6.07, 6.45) is 0.178. The monoisotopic (exact) mass is 342 g/mol. The van der Waals surface area contributed by atoms with Crippen molar-refractivity contribution in [3.8, 4) is 5.75 Å². The molecular formula is C20H26N2O3. The summed E-state index contributed by atoms with van der Waals surface area (Å²) in [5, 5.41) is 13.3. The van der Waals surface area contributed by atoms with E-state index in [0.717, 1.165) is 23.2 Å². The van der Waals surface area contributed by atoms with Gasteiger partial charge in [-0.2, -0.15) is 0 Å². The number of rotatable bonds is 8. The minimum Gasteiger partial charge on any atom is -0.497 e. The van der Waals surface area contributed by atoms with Gasteiger partial charge in [-0.25, -0.2) is 0 Å². The van der Waals surface area contributed by atoms with Gasteiger partial charge in [-0.3, -0.25) is 9.69 Å². The van der Waals surface area contributed by atoms with Crippen LogP contribution in [0.4, 0.5) is 5.69 Å². The Hall–Kier alpha value is -2.37. The van der Waals surface area contributed by atoms with E-state index in [4.69, 9.17) is 4.74 Å². The van der Waals surface area contributed by atoms with Gasteiger partial charge < -0.3 is 15.2 Å². The van der Waals surface area contributed by atoms with Crippen LogP contribution >= 0.6 is 0 Å². The number of nitrogens with zero attached hydrogens (tertiary/aromatic N) is 1. The molecule has 1 amide bonds. The van der Waals surface area contributed by atoms with Crippen molar-refractivity contribution in [1.82, 2.24) is 4.90 Å². The van der Waals surface area contributed by atoms with Gasteiger partial charge in [0.25, 0.3) is 0 Å². The van der Waals surface area contributed by atoms with Crippen LogP contribution in [0.3, 0.4) is 0 Å². The number of likely N-dealkylation sites (N-methyl/N-ethyl adjacent to an activating group) is 1. The fourth-order valence-corrected chi connectivity index (χ4v) is 2.70. The zero-order chi connectivity index (χ0) is 18.2. The van der Waals surface area contributed by atoms with Crippen LogP contribution in [0.15, 0.2) is 48.5 Å². The van der Waals surface area contributed by atoms with Crippen molar-refractivity contribution in [1.29, 1.82) is 0 Å². The lowest BCUT2D eigenvalue weighted by molar-refractivity contribution is -0.117. The van der Waals surface area contributed by atoms with E-state index in [1.165, 1.54) is 0 Å². The van der Waals surface area contributed by atoms with Crippen molar-refractivity contribution in [2.24, 2.45) is 0 Å². The molecule has 1 unspecified atom stereocenters. The first-order valence-corrected chi connectivity index (χ1v) is 8.41. The highest BCUT2D eigenvalue weighted by atomic mass is 16.5. The van der Waals surface area contributed by atoms with Crippen LogP contribution in [0, 0.1) is 0 Å². The Balaban J connectivity index is 1.90. The van der Waals surface area contributed by atoms with Gasteiger partial charge in [-0.05, 0) is 42.8 Å². The maximum Gasteiger partial charge on any atom is 0.238 e. The molecule has 0 aliphatic rings. The van der Waals surface area contributed by atoms with Gasteiger partial charge in [0.05, 0.1) is 19.8 Å². The van der Waals surface area contributed by atoms with Gasteiger partial charge in [0, 0.05) is 12.2 Å². The molecule has 1 atom stereocenters. The Kier molecular flexibility index (Phi) is 6.98. The minimum absolute atomic E-state index is 0.0961. The molecule has 2 N–H and O–H groups in total. The second-order valence-corrected chi connectivity index (χ2v) is 6.05. The molecule has 2 aromatic rings. The van der Waals surface area contributed by atoms with Crippen LogP contribution in [0.25, 0.3) is 0 Å². The lowest BCUT2D eigenvalue weighted by Crippen LogP contribution is -2.33. The van der Waals surface area contributed by atoms with Crippen LogP contribution in [0.2, 0.25) is 0 Å². The van der Waals surface area contributed by atoms with Gasteiger partial charge in [0.15, 0.2) is 0 Å². The standard InChI is InChI=1S/C20H26N2O3/c1-4-15-8-5-6-11-18(15)21-20(24)14-22(2)13-19(23)16-9-7-10-17(12-16)25-3/h5-12,19,23H,4,13-14H2,1-3H3,(H,21,24). The van der Waals surface area contributed by atoms with E-state index in [2.05, 4.69) is 12.2 Å². The van der Waals surface area contributed by atoms with E-state index in [1.807, 2.05) is 49.5 Å². The number of nitrogens with one attached hydrogen (secondary N) is 1. The number of hydrogen-bond acceptors (Lipinski definition) is 4. The molecule has 0 saturated carbocycles. The highest BCUT2D eigenvalue weighted by Crippen LogP contribution is 2.20. The third-order valence-electron chi connectivity index (χ3n) is 4.05. The number of para-hydroxylation sites is 1. The third-order valence-corrected chi connectivity index (χ3v) is 4.05. The molecule has 0 radical (unpaired) electrons. The summed E-state index contributed by atoms with van der Waals surface area (Å²) < 4.78 is 5.17. The summed E-state index contributed by atoms with van der Waals surface area (Å²) >= 11 is 0. The molecule has 0 aliphatic carbocycles. The van der Waals surface area contributed by atoms with E-state index in [9.17, 15) is 9.90 Å². The number of aryl methyl sites for hydroxylation is 1. The van der Waals surface area contributed by atoms with Crippen molar-refractivity contribution in [2.75, 3.05) is 32.6 Å².